The normalized spacial score (nSPS) is 51.0. The summed E-state index contributed by atoms with van der Waals surface area (Å²) in [4.78, 5) is 11.1. The average Bonchev–Trinajstić information content (AvgIpc) is 2.98. The van der Waals surface area contributed by atoms with Crippen LogP contribution in [0.5, 0.6) is 0 Å². The maximum absolute atomic E-state index is 11.7. The number of fused-ring (bicyclic) bond motifs is 5. The topological polar surface area (TPSA) is 98.0 Å². The van der Waals surface area contributed by atoms with Gasteiger partial charge in [-0.2, -0.15) is 0 Å². The molecule has 4 aliphatic carbocycles. The molecule has 32 heavy (non-hydrogen) atoms. The van der Waals surface area contributed by atoms with Gasteiger partial charge in [0.2, 0.25) is 0 Å². The zero-order valence-corrected chi connectivity index (χ0v) is 19.8. The van der Waals surface area contributed by atoms with Gasteiger partial charge in [0.05, 0.1) is 18.3 Å². The Bertz CT molecular complexity index is 687. The van der Waals surface area contributed by atoms with Crippen LogP contribution in [0.25, 0.3) is 0 Å². The summed E-state index contributed by atoms with van der Waals surface area (Å²) in [6.07, 6.45) is 6.23. The molecule has 0 radical (unpaired) electrons. The summed E-state index contributed by atoms with van der Waals surface area (Å²) in [6.45, 7) is 9.04. The summed E-state index contributed by atoms with van der Waals surface area (Å²) in [5.41, 5.74) is 0.109. The number of rotatable bonds is 5. The Kier molecular flexibility index (Phi) is 8.23. The van der Waals surface area contributed by atoms with Crippen molar-refractivity contribution in [2.45, 2.75) is 104 Å². The molecule has 0 aliphatic heterocycles. The standard InChI is InChI=1S/C26H44O5.Na.H/c1-5-16-18-12-15(27)8-10-25(18,3)17-9-11-26(4)19(22(17)24(16)31)13-20(28)23(26)14(2)6-7-21(29)30;;/h14-20,22-24,27-28,31H,5-13H2,1-4H3,(H,29,30);;/t14-,15-,16-,17+,18+,19+,20+,22-,23+,24-,25-,26+;;/m1../s1. The van der Waals surface area contributed by atoms with Crippen molar-refractivity contribution in [3.05, 3.63) is 0 Å². The molecule has 6 heteroatoms. The van der Waals surface area contributed by atoms with Gasteiger partial charge in [0.1, 0.15) is 0 Å². The Morgan fingerprint density at radius 2 is 1.66 bits per heavy atom. The molecule has 0 aromatic rings. The van der Waals surface area contributed by atoms with Gasteiger partial charge in [-0.15, -0.1) is 0 Å². The first-order valence-electron chi connectivity index (χ1n) is 12.8. The monoisotopic (exact) mass is 460 g/mol. The summed E-state index contributed by atoms with van der Waals surface area (Å²) < 4.78 is 0. The summed E-state index contributed by atoms with van der Waals surface area (Å²) in [6, 6.07) is 0. The average molecular weight is 461 g/mol. The second-order valence-electron chi connectivity index (χ2n) is 12.2. The quantitative estimate of drug-likeness (QED) is 0.471. The molecule has 5 nitrogen and oxygen atoms in total. The van der Waals surface area contributed by atoms with E-state index in [2.05, 4.69) is 27.7 Å². The molecule has 12 atom stereocenters. The first-order valence-corrected chi connectivity index (χ1v) is 12.8. The molecule has 4 aliphatic rings. The third-order valence-electron chi connectivity index (χ3n) is 10.9. The molecule has 0 aromatic carbocycles. The van der Waals surface area contributed by atoms with Gasteiger partial charge in [0.25, 0.3) is 0 Å². The second kappa shape index (κ2) is 9.78. The molecule has 0 unspecified atom stereocenters. The van der Waals surface area contributed by atoms with E-state index >= 15 is 0 Å². The summed E-state index contributed by atoms with van der Waals surface area (Å²) >= 11 is 0. The van der Waals surface area contributed by atoms with Gasteiger partial charge in [0, 0.05) is 6.42 Å². The molecular weight excluding hydrogens is 415 g/mol. The van der Waals surface area contributed by atoms with Crippen molar-refractivity contribution >= 4 is 35.5 Å². The predicted octanol–water partition coefficient (Wildman–Crippen LogP) is 3.44. The van der Waals surface area contributed by atoms with Crippen LogP contribution in [0.3, 0.4) is 0 Å². The molecular formula is C26H45NaO5. The number of aliphatic hydroxyl groups is 3. The number of carboxylic acid groups (broad SMARTS) is 1. The van der Waals surface area contributed by atoms with Crippen LogP contribution in [0.4, 0.5) is 0 Å². The van der Waals surface area contributed by atoms with Crippen LogP contribution in [-0.4, -0.2) is 74.3 Å². The fourth-order valence-corrected chi connectivity index (χ4v) is 9.57. The van der Waals surface area contributed by atoms with E-state index in [0.717, 1.165) is 44.9 Å². The van der Waals surface area contributed by atoms with Crippen LogP contribution in [-0.2, 0) is 4.79 Å². The van der Waals surface area contributed by atoms with Crippen molar-refractivity contribution in [1.29, 1.82) is 0 Å². The zero-order chi connectivity index (χ0) is 22.7. The zero-order valence-electron chi connectivity index (χ0n) is 19.8. The van der Waals surface area contributed by atoms with E-state index in [1.54, 1.807) is 0 Å². The minimum atomic E-state index is -0.767. The Morgan fingerprint density at radius 1 is 1.00 bits per heavy atom. The van der Waals surface area contributed by atoms with Gasteiger partial charge in [-0.3, -0.25) is 4.79 Å². The van der Waals surface area contributed by atoms with E-state index in [4.69, 9.17) is 5.11 Å². The minimum absolute atomic E-state index is 0. The van der Waals surface area contributed by atoms with Crippen molar-refractivity contribution < 1.29 is 25.2 Å². The van der Waals surface area contributed by atoms with Crippen LogP contribution < -0.4 is 0 Å². The van der Waals surface area contributed by atoms with Gasteiger partial charge in [-0.25, -0.2) is 0 Å². The van der Waals surface area contributed by atoms with Gasteiger partial charge >= 0.3 is 35.5 Å². The molecule has 0 amide bonds. The van der Waals surface area contributed by atoms with E-state index in [1.807, 2.05) is 0 Å². The molecule has 4 rings (SSSR count). The number of aliphatic carboxylic acids is 1. The molecule has 4 fully saturated rings. The third-order valence-corrected chi connectivity index (χ3v) is 10.9. The number of carboxylic acids is 1. The van der Waals surface area contributed by atoms with E-state index in [9.17, 15) is 20.1 Å². The van der Waals surface area contributed by atoms with Gasteiger partial charge in [0.15, 0.2) is 0 Å². The summed E-state index contributed by atoms with van der Waals surface area (Å²) in [5, 5.41) is 42.5. The van der Waals surface area contributed by atoms with E-state index in [-0.39, 0.29) is 88.6 Å². The fourth-order valence-electron chi connectivity index (χ4n) is 9.57. The van der Waals surface area contributed by atoms with Crippen LogP contribution in [0.1, 0.15) is 85.5 Å². The van der Waals surface area contributed by atoms with Gasteiger partial charge < -0.3 is 20.4 Å². The fraction of sp³-hybridized carbons (Fsp3) is 0.962. The summed E-state index contributed by atoms with van der Waals surface area (Å²) in [7, 11) is 0. The van der Waals surface area contributed by atoms with Crippen molar-refractivity contribution in [3.63, 3.8) is 0 Å². The van der Waals surface area contributed by atoms with Crippen molar-refractivity contribution in [3.8, 4) is 0 Å². The molecule has 4 N–H and O–H groups in total. The Labute approximate surface area is 216 Å². The SMILES string of the molecule is CC[C@H]1[C@@H](O)[C@@H]2[C@H](CC[C@]3(C)[C@@H]([C@H](C)CCC(=O)O)[C@@H](O)C[C@@H]23)[C@@]2(C)CC[C@@H](O)C[C@@H]12.[NaH]. The second-order valence-corrected chi connectivity index (χ2v) is 12.2. The van der Waals surface area contributed by atoms with Gasteiger partial charge in [-0.1, -0.05) is 34.1 Å². The first-order chi connectivity index (χ1) is 14.5. The molecule has 0 heterocycles. The third kappa shape index (κ3) is 4.15. The number of aliphatic hydroxyl groups excluding tert-OH is 3. The maximum atomic E-state index is 11.7. The number of hydrogen-bond donors (Lipinski definition) is 4. The first kappa shape index (κ1) is 26.9. The molecule has 0 spiro atoms. The van der Waals surface area contributed by atoms with Crippen LogP contribution in [0.2, 0.25) is 0 Å². The predicted molar refractivity (Wildman–Crippen MR) is 126 cm³/mol. The molecule has 4 saturated carbocycles. The molecule has 0 aromatic heterocycles. The Hall–Kier alpha value is 0.350. The van der Waals surface area contributed by atoms with E-state index in [0.29, 0.717) is 18.3 Å². The van der Waals surface area contributed by atoms with Crippen LogP contribution in [0.15, 0.2) is 0 Å². The molecule has 0 bridgehead atoms. The summed E-state index contributed by atoms with van der Waals surface area (Å²) in [5.74, 6) is 1.01. The van der Waals surface area contributed by atoms with Gasteiger partial charge in [-0.05, 0) is 97.2 Å². The number of hydrogen-bond acceptors (Lipinski definition) is 4. The van der Waals surface area contributed by atoms with Crippen molar-refractivity contribution in [2.75, 3.05) is 0 Å². The van der Waals surface area contributed by atoms with Crippen molar-refractivity contribution in [1.82, 2.24) is 0 Å². The Morgan fingerprint density at radius 3 is 2.28 bits per heavy atom. The van der Waals surface area contributed by atoms with E-state index < -0.39 is 12.1 Å². The van der Waals surface area contributed by atoms with Crippen LogP contribution in [0, 0.1) is 52.3 Å². The van der Waals surface area contributed by atoms with Crippen LogP contribution >= 0.6 is 0 Å². The Balaban J connectivity index is 0.00000289. The van der Waals surface area contributed by atoms with E-state index in [1.165, 1.54) is 0 Å². The van der Waals surface area contributed by atoms with Crippen molar-refractivity contribution in [2.24, 2.45) is 52.3 Å². The number of carbonyl (C=O) groups is 1. The molecule has 180 valence electrons. The molecule has 0 saturated heterocycles.